The first-order chi connectivity index (χ1) is 15.8. The third-order valence-electron chi connectivity index (χ3n) is 5.61. The zero-order valence-electron chi connectivity index (χ0n) is 21.0. The second-order valence-corrected chi connectivity index (χ2v) is 9.09. The average molecular weight is 456 g/mol. The van der Waals surface area contributed by atoms with Gasteiger partial charge < -0.3 is 19.1 Å². The summed E-state index contributed by atoms with van der Waals surface area (Å²) >= 11 is 0. The zero-order valence-corrected chi connectivity index (χ0v) is 21.0. The molecule has 2 amide bonds. The van der Waals surface area contributed by atoms with Gasteiger partial charge in [0.1, 0.15) is 12.3 Å². The minimum atomic E-state index is -0.119. The number of carbonyl (C=O) groups is 2. The Hall–Kier alpha value is -2.76. The van der Waals surface area contributed by atoms with Crippen LogP contribution in [0.2, 0.25) is 0 Å². The van der Waals surface area contributed by atoms with Crippen molar-refractivity contribution in [3.8, 4) is 5.75 Å². The van der Waals surface area contributed by atoms with Gasteiger partial charge in [0.15, 0.2) is 0 Å². The van der Waals surface area contributed by atoms with Crippen molar-refractivity contribution >= 4 is 11.8 Å². The average Bonchev–Trinajstić information content (AvgIpc) is 3.20. The maximum Gasteiger partial charge on any atom is 0.254 e. The van der Waals surface area contributed by atoms with Crippen molar-refractivity contribution in [1.82, 2.24) is 14.4 Å². The maximum atomic E-state index is 13.3. The van der Waals surface area contributed by atoms with Gasteiger partial charge >= 0.3 is 0 Å². The largest absolute Gasteiger partial charge is 0.494 e. The van der Waals surface area contributed by atoms with Gasteiger partial charge in [0.05, 0.1) is 13.2 Å². The molecule has 6 heteroatoms. The van der Waals surface area contributed by atoms with Gasteiger partial charge in [-0.1, -0.05) is 40.5 Å². The molecule has 2 aromatic rings. The van der Waals surface area contributed by atoms with Gasteiger partial charge in [0, 0.05) is 37.6 Å². The number of aryl methyl sites for hydroxylation is 1. The minimum Gasteiger partial charge on any atom is -0.494 e. The summed E-state index contributed by atoms with van der Waals surface area (Å²) in [6.45, 7) is 10.9. The molecule has 0 aliphatic carbocycles. The smallest absolute Gasteiger partial charge is 0.254 e. The number of nitrogens with zero attached hydrogens (tertiary/aromatic N) is 3. The van der Waals surface area contributed by atoms with Crippen LogP contribution < -0.4 is 4.74 Å². The van der Waals surface area contributed by atoms with Crippen LogP contribution in [0, 0.1) is 5.92 Å². The van der Waals surface area contributed by atoms with E-state index in [-0.39, 0.29) is 24.3 Å². The van der Waals surface area contributed by atoms with Gasteiger partial charge in [-0.2, -0.15) is 0 Å². The lowest BCUT2D eigenvalue weighted by Crippen LogP contribution is -2.44. The lowest BCUT2D eigenvalue weighted by atomic mass is 10.1. The van der Waals surface area contributed by atoms with Gasteiger partial charge in [0.2, 0.25) is 5.91 Å². The molecule has 182 valence electrons. The van der Waals surface area contributed by atoms with Crippen molar-refractivity contribution in [3.05, 3.63) is 53.9 Å². The second-order valence-electron chi connectivity index (χ2n) is 9.09. The van der Waals surface area contributed by atoms with E-state index in [0.717, 1.165) is 37.1 Å². The van der Waals surface area contributed by atoms with Crippen LogP contribution in [0.3, 0.4) is 0 Å². The van der Waals surface area contributed by atoms with E-state index in [1.807, 2.05) is 47.0 Å². The SMILES string of the molecule is CCCCOc1ccc(C(=O)N(CC(=O)N(CCCC)Cc2cccn2C)CC(C)C)cc1. The first kappa shape index (κ1) is 26.5. The predicted molar refractivity (Wildman–Crippen MR) is 133 cm³/mol. The van der Waals surface area contributed by atoms with Crippen LogP contribution in [0.4, 0.5) is 0 Å². The number of hydrogen-bond donors (Lipinski definition) is 0. The van der Waals surface area contributed by atoms with Gasteiger partial charge in [-0.05, 0) is 55.2 Å². The molecule has 0 N–H and O–H groups in total. The number of carbonyl (C=O) groups excluding carboxylic acids is 2. The van der Waals surface area contributed by atoms with E-state index in [9.17, 15) is 9.59 Å². The predicted octanol–water partition coefficient (Wildman–Crippen LogP) is 5.13. The second kappa shape index (κ2) is 13.7. The van der Waals surface area contributed by atoms with Crippen molar-refractivity contribution in [2.75, 3.05) is 26.2 Å². The fourth-order valence-corrected chi connectivity index (χ4v) is 3.63. The molecule has 2 rings (SSSR count). The summed E-state index contributed by atoms with van der Waals surface area (Å²) in [6, 6.07) is 11.3. The molecule has 0 atom stereocenters. The van der Waals surface area contributed by atoms with Crippen LogP contribution in [0.25, 0.3) is 0 Å². The van der Waals surface area contributed by atoms with Crippen LogP contribution in [-0.4, -0.2) is 52.4 Å². The summed E-state index contributed by atoms with van der Waals surface area (Å²) in [4.78, 5) is 30.2. The lowest BCUT2D eigenvalue weighted by molar-refractivity contribution is -0.132. The Bertz CT molecular complexity index is 858. The Balaban J connectivity index is 2.12. The molecular weight excluding hydrogens is 414 g/mol. The molecule has 0 bridgehead atoms. The molecular formula is C27H41N3O3. The van der Waals surface area contributed by atoms with E-state index in [4.69, 9.17) is 4.74 Å². The first-order valence-electron chi connectivity index (χ1n) is 12.3. The van der Waals surface area contributed by atoms with Crippen molar-refractivity contribution < 1.29 is 14.3 Å². The van der Waals surface area contributed by atoms with Crippen LogP contribution >= 0.6 is 0 Å². The van der Waals surface area contributed by atoms with E-state index < -0.39 is 0 Å². The van der Waals surface area contributed by atoms with Crippen LogP contribution in [-0.2, 0) is 18.4 Å². The van der Waals surface area contributed by atoms with Gasteiger partial charge in [-0.25, -0.2) is 0 Å². The molecule has 0 radical (unpaired) electrons. The first-order valence-corrected chi connectivity index (χ1v) is 12.3. The Morgan fingerprint density at radius 3 is 2.27 bits per heavy atom. The van der Waals surface area contributed by atoms with Gasteiger partial charge in [0.25, 0.3) is 5.91 Å². The summed E-state index contributed by atoms with van der Waals surface area (Å²) in [5.74, 6) is 0.889. The summed E-state index contributed by atoms with van der Waals surface area (Å²) in [5, 5.41) is 0. The maximum absolute atomic E-state index is 13.3. The molecule has 0 fully saturated rings. The highest BCUT2D eigenvalue weighted by Crippen LogP contribution is 2.16. The van der Waals surface area contributed by atoms with Crippen molar-refractivity contribution in [2.45, 2.75) is 59.9 Å². The normalized spacial score (nSPS) is 11.0. The topological polar surface area (TPSA) is 54.8 Å². The standard InChI is InChI=1S/C27H41N3O3/c1-6-8-17-29(20-24-11-10-16-28(24)5)26(31)21-30(19-22(3)4)27(32)23-12-14-25(15-13-23)33-18-9-7-2/h10-16,22H,6-9,17-21H2,1-5H3. The number of unbranched alkanes of at least 4 members (excludes halogenated alkanes) is 2. The van der Waals surface area contributed by atoms with E-state index in [2.05, 4.69) is 27.7 Å². The molecule has 0 saturated carbocycles. The molecule has 0 spiro atoms. The molecule has 0 aliphatic rings. The minimum absolute atomic E-state index is 0.0156. The highest BCUT2D eigenvalue weighted by atomic mass is 16.5. The van der Waals surface area contributed by atoms with E-state index >= 15 is 0 Å². The fourth-order valence-electron chi connectivity index (χ4n) is 3.63. The third kappa shape index (κ3) is 8.60. The van der Waals surface area contributed by atoms with E-state index in [1.165, 1.54) is 0 Å². The molecule has 1 heterocycles. The lowest BCUT2D eigenvalue weighted by Gasteiger charge is -2.29. The quantitative estimate of drug-likeness (QED) is 0.371. The molecule has 0 aliphatic heterocycles. The third-order valence-corrected chi connectivity index (χ3v) is 5.61. The number of amides is 2. The van der Waals surface area contributed by atoms with Crippen molar-refractivity contribution in [1.29, 1.82) is 0 Å². The summed E-state index contributed by atoms with van der Waals surface area (Å²) in [5.41, 5.74) is 1.66. The Labute approximate surface area is 199 Å². The zero-order chi connectivity index (χ0) is 24.2. The van der Waals surface area contributed by atoms with Gasteiger partial charge in [-0.15, -0.1) is 0 Å². The monoisotopic (exact) mass is 455 g/mol. The van der Waals surface area contributed by atoms with E-state index in [1.54, 1.807) is 17.0 Å². The number of rotatable bonds is 14. The molecule has 1 aromatic heterocycles. The Morgan fingerprint density at radius 2 is 1.70 bits per heavy atom. The molecule has 33 heavy (non-hydrogen) atoms. The molecule has 6 nitrogen and oxygen atoms in total. The van der Waals surface area contributed by atoms with Crippen LogP contribution in [0.15, 0.2) is 42.6 Å². The van der Waals surface area contributed by atoms with Crippen molar-refractivity contribution in [2.24, 2.45) is 13.0 Å². The Morgan fingerprint density at radius 1 is 1.00 bits per heavy atom. The van der Waals surface area contributed by atoms with E-state index in [0.29, 0.717) is 31.8 Å². The number of benzene rings is 1. The molecule has 0 saturated heterocycles. The number of hydrogen-bond acceptors (Lipinski definition) is 3. The van der Waals surface area contributed by atoms with Crippen LogP contribution in [0.1, 0.15) is 69.4 Å². The highest BCUT2D eigenvalue weighted by molar-refractivity contribution is 5.96. The summed E-state index contributed by atoms with van der Waals surface area (Å²) < 4.78 is 7.75. The number of ether oxygens (including phenoxy) is 1. The number of aromatic nitrogens is 1. The molecule has 0 unspecified atom stereocenters. The summed E-state index contributed by atoms with van der Waals surface area (Å²) in [6.07, 6.45) is 6.02. The molecule has 1 aromatic carbocycles. The van der Waals surface area contributed by atoms with Crippen LogP contribution in [0.5, 0.6) is 5.75 Å². The highest BCUT2D eigenvalue weighted by Gasteiger charge is 2.23. The fraction of sp³-hybridized carbons (Fsp3) is 0.556. The summed E-state index contributed by atoms with van der Waals surface area (Å²) in [7, 11) is 1.99. The Kier molecular flexibility index (Phi) is 11.0. The van der Waals surface area contributed by atoms with Gasteiger partial charge in [-0.3, -0.25) is 9.59 Å². The van der Waals surface area contributed by atoms with Crippen molar-refractivity contribution in [3.63, 3.8) is 0 Å².